The van der Waals surface area contributed by atoms with Crippen molar-refractivity contribution in [2.45, 2.75) is 19.3 Å². The van der Waals surface area contributed by atoms with Crippen LogP contribution in [-0.2, 0) is 6.42 Å². The molecule has 1 aromatic heterocycles. The van der Waals surface area contributed by atoms with Gasteiger partial charge in [0.05, 0.1) is 16.1 Å². The van der Waals surface area contributed by atoms with Crippen molar-refractivity contribution in [2.75, 3.05) is 18.1 Å². The molecule has 27 heavy (non-hydrogen) atoms. The number of fused-ring (bicyclic) bond motifs is 1. The standard InChI is InChI=1S/C21H21ClFN3O/c22-19-13-20-16(12-18(19)21(24)27)7-10-26(20)25-8-5-15(6-9-25)11-14-1-3-17(23)4-2-14/h1-4,7,10,12-13,15H,5-6,8-9,11H2,(H2,24,27). The number of nitrogens with zero attached hydrogens (tertiary/aromatic N) is 2. The Morgan fingerprint density at radius 3 is 2.52 bits per heavy atom. The first-order chi connectivity index (χ1) is 13.0. The molecule has 2 heterocycles. The summed E-state index contributed by atoms with van der Waals surface area (Å²) in [6.07, 6.45) is 5.13. The first kappa shape index (κ1) is 17.9. The molecule has 0 atom stereocenters. The predicted molar refractivity (Wildman–Crippen MR) is 106 cm³/mol. The molecule has 3 aromatic rings. The summed E-state index contributed by atoms with van der Waals surface area (Å²) in [6, 6.07) is 12.3. The number of amides is 1. The van der Waals surface area contributed by atoms with Gasteiger partial charge in [0.2, 0.25) is 5.91 Å². The van der Waals surface area contributed by atoms with E-state index in [1.54, 1.807) is 6.07 Å². The zero-order valence-corrected chi connectivity index (χ0v) is 15.6. The van der Waals surface area contributed by atoms with Crippen molar-refractivity contribution in [1.29, 1.82) is 0 Å². The van der Waals surface area contributed by atoms with Gasteiger partial charge in [0.25, 0.3) is 0 Å². The summed E-state index contributed by atoms with van der Waals surface area (Å²) in [5.74, 6) is -0.110. The van der Waals surface area contributed by atoms with Gasteiger partial charge in [-0.25, -0.2) is 4.39 Å². The maximum Gasteiger partial charge on any atom is 0.250 e. The van der Waals surface area contributed by atoms with Gasteiger partial charge in [-0.1, -0.05) is 23.7 Å². The van der Waals surface area contributed by atoms with Gasteiger partial charge in [-0.15, -0.1) is 0 Å². The Balaban J connectivity index is 1.47. The number of hydrogen-bond acceptors (Lipinski definition) is 2. The minimum absolute atomic E-state index is 0.189. The molecule has 0 spiro atoms. The third-order valence-electron chi connectivity index (χ3n) is 5.36. The van der Waals surface area contributed by atoms with Crippen molar-refractivity contribution in [2.24, 2.45) is 11.7 Å². The van der Waals surface area contributed by atoms with Gasteiger partial charge >= 0.3 is 0 Å². The fourth-order valence-electron chi connectivity index (χ4n) is 3.87. The lowest BCUT2D eigenvalue weighted by Crippen LogP contribution is -2.41. The van der Waals surface area contributed by atoms with Gasteiger partial charge in [0, 0.05) is 24.7 Å². The SMILES string of the molecule is NC(=O)c1cc2ccn(N3CCC(Cc4ccc(F)cc4)CC3)c2cc1Cl. The fourth-order valence-corrected chi connectivity index (χ4v) is 4.12. The van der Waals surface area contributed by atoms with E-state index < -0.39 is 5.91 Å². The number of carbonyl (C=O) groups excluding carboxylic acids is 1. The number of aromatic nitrogens is 1. The van der Waals surface area contributed by atoms with E-state index in [0.29, 0.717) is 16.5 Å². The number of primary amides is 1. The highest BCUT2D eigenvalue weighted by Gasteiger charge is 2.21. The molecule has 0 saturated carbocycles. The number of nitrogens with two attached hydrogens (primary N) is 1. The Kier molecular flexibility index (Phi) is 4.79. The third kappa shape index (κ3) is 3.65. The van der Waals surface area contributed by atoms with Crippen LogP contribution in [-0.4, -0.2) is 23.7 Å². The summed E-state index contributed by atoms with van der Waals surface area (Å²) in [4.78, 5) is 11.5. The quantitative estimate of drug-likeness (QED) is 0.734. The Bertz CT molecular complexity index is 975. The second kappa shape index (κ2) is 7.24. The molecular formula is C21H21ClFN3O. The lowest BCUT2D eigenvalue weighted by molar-refractivity contribution is 0.100. The van der Waals surface area contributed by atoms with Crippen molar-refractivity contribution < 1.29 is 9.18 Å². The van der Waals surface area contributed by atoms with Gasteiger partial charge in [-0.05, 0) is 61.1 Å². The van der Waals surface area contributed by atoms with Gasteiger partial charge < -0.3 is 10.7 Å². The smallest absolute Gasteiger partial charge is 0.250 e. The van der Waals surface area contributed by atoms with Crippen LogP contribution in [0.5, 0.6) is 0 Å². The van der Waals surface area contributed by atoms with E-state index >= 15 is 0 Å². The summed E-state index contributed by atoms with van der Waals surface area (Å²) >= 11 is 6.23. The number of halogens is 2. The summed E-state index contributed by atoms with van der Waals surface area (Å²) in [6.45, 7) is 1.87. The van der Waals surface area contributed by atoms with Gasteiger partial charge in [0.15, 0.2) is 0 Å². The largest absolute Gasteiger partial charge is 0.366 e. The second-order valence-electron chi connectivity index (χ2n) is 7.14. The first-order valence-electron chi connectivity index (χ1n) is 9.11. The Labute approximate surface area is 162 Å². The van der Waals surface area contributed by atoms with Gasteiger partial charge in [-0.2, -0.15) is 0 Å². The molecule has 1 fully saturated rings. The van der Waals surface area contributed by atoms with Crippen molar-refractivity contribution >= 4 is 28.4 Å². The van der Waals surface area contributed by atoms with Crippen molar-refractivity contribution in [3.05, 3.63) is 70.6 Å². The highest BCUT2D eigenvalue weighted by Crippen LogP contribution is 2.27. The zero-order chi connectivity index (χ0) is 19.0. The number of hydrogen-bond donors (Lipinski definition) is 1. The molecule has 0 aliphatic carbocycles. The Morgan fingerprint density at radius 2 is 1.85 bits per heavy atom. The normalized spacial score (nSPS) is 15.4. The van der Waals surface area contributed by atoms with E-state index in [4.69, 9.17) is 17.3 Å². The van der Waals surface area contributed by atoms with Crippen LogP contribution < -0.4 is 10.7 Å². The van der Waals surface area contributed by atoms with E-state index in [9.17, 15) is 9.18 Å². The lowest BCUT2D eigenvalue weighted by atomic mass is 9.91. The highest BCUT2D eigenvalue weighted by atomic mass is 35.5. The van der Waals surface area contributed by atoms with E-state index in [-0.39, 0.29) is 5.82 Å². The molecular weight excluding hydrogens is 365 g/mol. The van der Waals surface area contributed by atoms with Crippen molar-refractivity contribution in [3.63, 3.8) is 0 Å². The van der Waals surface area contributed by atoms with E-state index in [1.807, 2.05) is 30.5 Å². The van der Waals surface area contributed by atoms with Crippen LogP contribution in [0.2, 0.25) is 5.02 Å². The zero-order valence-electron chi connectivity index (χ0n) is 14.9. The van der Waals surface area contributed by atoms with Gasteiger partial charge in [0.1, 0.15) is 5.82 Å². The molecule has 0 radical (unpaired) electrons. The predicted octanol–water partition coefficient (Wildman–Crippen LogP) is 4.12. The van der Waals surface area contributed by atoms with Gasteiger partial charge in [-0.3, -0.25) is 9.47 Å². The highest BCUT2D eigenvalue weighted by molar-refractivity contribution is 6.34. The molecule has 0 bridgehead atoms. The lowest BCUT2D eigenvalue weighted by Gasteiger charge is -2.35. The molecule has 1 amide bonds. The van der Waals surface area contributed by atoms with E-state index in [0.717, 1.165) is 43.3 Å². The number of piperidine rings is 1. The molecule has 4 nitrogen and oxygen atoms in total. The van der Waals surface area contributed by atoms with Crippen LogP contribution in [0.3, 0.4) is 0 Å². The summed E-state index contributed by atoms with van der Waals surface area (Å²) in [5.41, 5.74) is 7.89. The second-order valence-corrected chi connectivity index (χ2v) is 7.55. The van der Waals surface area contributed by atoms with Crippen LogP contribution >= 0.6 is 11.6 Å². The fraction of sp³-hybridized carbons (Fsp3) is 0.286. The molecule has 6 heteroatoms. The number of rotatable bonds is 4. The summed E-state index contributed by atoms with van der Waals surface area (Å²) in [7, 11) is 0. The summed E-state index contributed by atoms with van der Waals surface area (Å²) < 4.78 is 15.2. The van der Waals surface area contributed by atoms with Crippen LogP contribution in [0, 0.1) is 11.7 Å². The first-order valence-corrected chi connectivity index (χ1v) is 9.49. The van der Waals surface area contributed by atoms with Crippen LogP contribution in [0.1, 0.15) is 28.8 Å². The average molecular weight is 386 g/mol. The number of carbonyl (C=O) groups is 1. The minimum Gasteiger partial charge on any atom is -0.366 e. The van der Waals surface area contributed by atoms with Crippen molar-refractivity contribution in [1.82, 2.24) is 4.68 Å². The molecule has 2 aromatic carbocycles. The molecule has 2 N–H and O–H groups in total. The Morgan fingerprint density at radius 1 is 1.15 bits per heavy atom. The molecule has 4 rings (SSSR count). The summed E-state index contributed by atoms with van der Waals surface area (Å²) in [5, 5.41) is 3.62. The minimum atomic E-state index is -0.517. The van der Waals surface area contributed by atoms with E-state index in [2.05, 4.69) is 9.69 Å². The maximum atomic E-state index is 13.1. The monoisotopic (exact) mass is 385 g/mol. The van der Waals surface area contributed by atoms with Crippen molar-refractivity contribution in [3.8, 4) is 0 Å². The third-order valence-corrected chi connectivity index (χ3v) is 5.67. The molecule has 1 aliphatic rings. The Hall–Kier alpha value is -2.53. The van der Waals surface area contributed by atoms with E-state index in [1.165, 1.54) is 17.7 Å². The molecule has 1 aliphatic heterocycles. The topological polar surface area (TPSA) is 51.3 Å². The molecule has 0 unspecified atom stereocenters. The number of benzene rings is 2. The molecule has 140 valence electrons. The van der Waals surface area contributed by atoms with Crippen LogP contribution in [0.4, 0.5) is 4.39 Å². The molecule has 1 saturated heterocycles. The van der Waals surface area contributed by atoms with Crippen LogP contribution in [0.25, 0.3) is 10.9 Å². The van der Waals surface area contributed by atoms with Crippen LogP contribution in [0.15, 0.2) is 48.7 Å². The average Bonchev–Trinajstić information content (AvgIpc) is 3.06. The maximum absolute atomic E-state index is 13.1.